The molecule has 4 nitrogen and oxygen atoms in total. The smallest absolute Gasteiger partial charge is 0.238 e. The summed E-state index contributed by atoms with van der Waals surface area (Å²) in [5, 5.41) is 2.35. The quantitative estimate of drug-likeness (QED) is 0.837. The average molecular weight is 376 g/mol. The molecule has 1 heterocycles. The molecule has 0 aromatic heterocycles. The van der Waals surface area contributed by atoms with Crippen molar-refractivity contribution in [1.82, 2.24) is 0 Å². The molecule has 7 heteroatoms. The summed E-state index contributed by atoms with van der Waals surface area (Å²) in [7, 11) is 0. The Morgan fingerprint density at radius 1 is 1.23 bits per heavy atom. The second kappa shape index (κ2) is 7.86. The van der Waals surface area contributed by atoms with Crippen LogP contribution in [0.4, 0.5) is 20.2 Å². The number of halogens is 2. The Bertz CT molecular complexity index is 827. The fourth-order valence-electron chi connectivity index (χ4n) is 2.78. The Hall–Kier alpha value is -2.41. The summed E-state index contributed by atoms with van der Waals surface area (Å²) in [6.07, 6.45) is 1.21. The fourth-order valence-corrected chi connectivity index (χ4v) is 3.95. The van der Waals surface area contributed by atoms with Crippen LogP contribution in [0, 0.1) is 11.6 Å². The van der Waals surface area contributed by atoms with Gasteiger partial charge in [0.1, 0.15) is 17.0 Å². The van der Waals surface area contributed by atoms with Crippen molar-refractivity contribution in [2.75, 3.05) is 16.0 Å². The van der Waals surface area contributed by atoms with E-state index in [0.717, 1.165) is 30.2 Å². The van der Waals surface area contributed by atoms with Crippen molar-refractivity contribution in [1.29, 1.82) is 0 Å². The summed E-state index contributed by atoms with van der Waals surface area (Å²) < 4.78 is 27.7. The number of nitrogens with one attached hydrogen (secondary N) is 1. The fraction of sp³-hybridized carbons (Fsp3) is 0.263. The predicted octanol–water partition coefficient (Wildman–Crippen LogP) is 4.48. The molecule has 1 aliphatic heterocycles. The summed E-state index contributed by atoms with van der Waals surface area (Å²) in [6, 6.07) is 10.1. The lowest BCUT2D eigenvalue weighted by Gasteiger charge is -2.25. The molecule has 1 atom stereocenters. The summed E-state index contributed by atoms with van der Waals surface area (Å²) in [5.74, 6) is -1.39. The highest BCUT2D eigenvalue weighted by molar-refractivity contribution is 8.00. The molecular formula is C19H18F2N2O2S. The minimum atomic E-state index is -0.643. The molecule has 3 rings (SSSR count). The molecule has 2 amide bonds. The molecule has 0 spiro atoms. The van der Waals surface area contributed by atoms with Crippen LogP contribution in [0.1, 0.15) is 30.7 Å². The van der Waals surface area contributed by atoms with Crippen LogP contribution in [0.2, 0.25) is 0 Å². The van der Waals surface area contributed by atoms with E-state index in [2.05, 4.69) is 5.32 Å². The number of carbonyl (C=O) groups is 2. The summed E-state index contributed by atoms with van der Waals surface area (Å²) in [5.41, 5.74) is 1.37. The molecule has 2 aromatic rings. The molecule has 26 heavy (non-hydrogen) atoms. The SMILES string of the molecule is CCCC(=O)Nc1ccc(C2SCC(=O)N2c2cc(F)ccc2F)cc1. The van der Waals surface area contributed by atoms with Crippen LogP contribution in [-0.2, 0) is 9.59 Å². The topological polar surface area (TPSA) is 49.4 Å². The Morgan fingerprint density at radius 3 is 2.65 bits per heavy atom. The highest BCUT2D eigenvalue weighted by Crippen LogP contribution is 2.42. The third-order valence-electron chi connectivity index (χ3n) is 3.99. The van der Waals surface area contributed by atoms with Gasteiger partial charge < -0.3 is 5.32 Å². The number of hydrogen-bond donors (Lipinski definition) is 1. The van der Waals surface area contributed by atoms with Crippen molar-refractivity contribution in [2.24, 2.45) is 0 Å². The Morgan fingerprint density at radius 2 is 1.96 bits per heavy atom. The van der Waals surface area contributed by atoms with Gasteiger partial charge in [-0.15, -0.1) is 11.8 Å². The number of nitrogens with zero attached hydrogens (tertiary/aromatic N) is 1. The van der Waals surface area contributed by atoms with E-state index in [1.165, 1.54) is 16.7 Å². The maximum atomic E-state index is 14.1. The van der Waals surface area contributed by atoms with Crippen molar-refractivity contribution >= 4 is 35.0 Å². The first kappa shape index (κ1) is 18.4. The lowest BCUT2D eigenvalue weighted by molar-refractivity contribution is -0.116. The number of anilines is 2. The van der Waals surface area contributed by atoms with E-state index in [-0.39, 0.29) is 23.3 Å². The molecule has 0 bridgehead atoms. The molecule has 0 radical (unpaired) electrons. The van der Waals surface area contributed by atoms with Crippen molar-refractivity contribution in [2.45, 2.75) is 25.1 Å². The Kier molecular flexibility index (Phi) is 5.56. The number of thioether (sulfide) groups is 1. The van der Waals surface area contributed by atoms with Crippen LogP contribution >= 0.6 is 11.8 Å². The van der Waals surface area contributed by atoms with Gasteiger partial charge in [0.15, 0.2) is 0 Å². The van der Waals surface area contributed by atoms with Gasteiger partial charge in [-0.3, -0.25) is 14.5 Å². The number of hydrogen-bond acceptors (Lipinski definition) is 3. The molecular weight excluding hydrogens is 358 g/mol. The molecule has 1 unspecified atom stereocenters. The van der Waals surface area contributed by atoms with Crippen molar-refractivity contribution in [3.8, 4) is 0 Å². The predicted molar refractivity (Wildman–Crippen MR) is 99.0 cm³/mol. The normalized spacial score (nSPS) is 16.8. The van der Waals surface area contributed by atoms with E-state index >= 15 is 0 Å². The van der Waals surface area contributed by atoms with Gasteiger partial charge in [-0.2, -0.15) is 0 Å². The molecule has 1 aliphatic rings. The van der Waals surface area contributed by atoms with Crippen LogP contribution in [0.5, 0.6) is 0 Å². The maximum Gasteiger partial charge on any atom is 0.238 e. The first-order valence-corrected chi connectivity index (χ1v) is 9.33. The molecule has 0 saturated carbocycles. The molecule has 0 aliphatic carbocycles. The highest BCUT2D eigenvalue weighted by atomic mass is 32.2. The van der Waals surface area contributed by atoms with Crippen molar-refractivity contribution < 1.29 is 18.4 Å². The van der Waals surface area contributed by atoms with E-state index in [4.69, 9.17) is 0 Å². The Balaban J connectivity index is 1.84. The van der Waals surface area contributed by atoms with E-state index < -0.39 is 17.0 Å². The molecule has 1 N–H and O–H groups in total. The number of rotatable bonds is 5. The number of carbonyl (C=O) groups excluding carboxylic acids is 2. The first-order valence-electron chi connectivity index (χ1n) is 8.28. The van der Waals surface area contributed by atoms with Crippen molar-refractivity contribution in [3.63, 3.8) is 0 Å². The summed E-state index contributed by atoms with van der Waals surface area (Å²) in [6.45, 7) is 1.93. The van der Waals surface area contributed by atoms with Crippen LogP contribution in [0.3, 0.4) is 0 Å². The zero-order valence-corrected chi connectivity index (χ0v) is 15.0. The van der Waals surface area contributed by atoms with Crippen LogP contribution in [-0.4, -0.2) is 17.6 Å². The lowest BCUT2D eigenvalue weighted by atomic mass is 10.1. The number of benzene rings is 2. The minimum absolute atomic E-state index is 0.0610. The van der Waals surface area contributed by atoms with Gasteiger partial charge in [0.05, 0.1) is 11.4 Å². The van der Waals surface area contributed by atoms with E-state index in [0.29, 0.717) is 12.1 Å². The van der Waals surface area contributed by atoms with Gasteiger partial charge >= 0.3 is 0 Å². The first-order chi connectivity index (χ1) is 12.5. The van der Waals surface area contributed by atoms with Gasteiger partial charge in [0, 0.05) is 18.2 Å². The van der Waals surface area contributed by atoms with Gasteiger partial charge in [0.25, 0.3) is 0 Å². The van der Waals surface area contributed by atoms with Crippen LogP contribution in [0.25, 0.3) is 0 Å². The van der Waals surface area contributed by atoms with E-state index in [1.54, 1.807) is 24.3 Å². The highest BCUT2D eigenvalue weighted by Gasteiger charge is 2.35. The molecule has 1 saturated heterocycles. The second-order valence-corrected chi connectivity index (χ2v) is 7.01. The van der Waals surface area contributed by atoms with E-state index in [9.17, 15) is 18.4 Å². The van der Waals surface area contributed by atoms with Crippen molar-refractivity contribution in [3.05, 3.63) is 59.7 Å². The van der Waals surface area contributed by atoms with Crippen LogP contribution in [0.15, 0.2) is 42.5 Å². The molecule has 136 valence electrons. The van der Waals surface area contributed by atoms with Gasteiger partial charge in [-0.1, -0.05) is 19.1 Å². The van der Waals surface area contributed by atoms with Crippen LogP contribution < -0.4 is 10.2 Å². The van der Waals surface area contributed by atoms with Gasteiger partial charge in [0.2, 0.25) is 11.8 Å². The molecule has 2 aromatic carbocycles. The number of amides is 2. The zero-order valence-electron chi connectivity index (χ0n) is 14.2. The van der Waals surface area contributed by atoms with Gasteiger partial charge in [-0.25, -0.2) is 8.78 Å². The summed E-state index contributed by atoms with van der Waals surface area (Å²) >= 11 is 1.35. The third-order valence-corrected chi connectivity index (χ3v) is 5.20. The summed E-state index contributed by atoms with van der Waals surface area (Å²) in [4.78, 5) is 25.2. The molecule has 1 fully saturated rings. The maximum absolute atomic E-state index is 14.1. The minimum Gasteiger partial charge on any atom is -0.326 e. The van der Waals surface area contributed by atoms with Gasteiger partial charge in [-0.05, 0) is 36.2 Å². The second-order valence-electron chi connectivity index (χ2n) is 5.94. The lowest BCUT2D eigenvalue weighted by Crippen LogP contribution is -2.28. The zero-order chi connectivity index (χ0) is 18.7. The van der Waals surface area contributed by atoms with E-state index in [1.807, 2.05) is 6.92 Å². The monoisotopic (exact) mass is 376 g/mol. The third kappa shape index (κ3) is 3.88. The average Bonchev–Trinajstić information content (AvgIpc) is 2.99. The standard InChI is InChI=1S/C19H18F2N2O2S/c1-2-3-17(24)22-14-7-4-12(5-8-14)19-23(18(25)11-26-19)16-10-13(20)6-9-15(16)21/h4-10,19H,2-3,11H2,1H3,(H,22,24). The Labute approximate surface area is 154 Å². The largest absolute Gasteiger partial charge is 0.326 e.